The summed E-state index contributed by atoms with van der Waals surface area (Å²) in [4.78, 5) is 19.5. The van der Waals surface area contributed by atoms with E-state index in [9.17, 15) is 13.2 Å². The average Bonchev–Trinajstić information content (AvgIpc) is 3.43. The van der Waals surface area contributed by atoms with Crippen molar-refractivity contribution in [3.05, 3.63) is 53.5 Å². The van der Waals surface area contributed by atoms with Crippen molar-refractivity contribution in [2.45, 2.75) is 37.2 Å². The van der Waals surface area contributed by atoms with Crippen LogP contribution in [0.25, 0.3) is 10.2 Å². The quantitative estimate of drug-likeness (QED) is 0.586. The molecule has 1 N–H and O–H groups in total. The summed E-state index contributed by atoms with van der Waals surface area (Å²) in [5.41, 5.74) is 1.54. The highest BCUT2D eigenvalue weighted by molar-refractivity contribution is 7.89. The van der Waals surface area contributed by atoms with Crippen LogP contribution in [0.3, 0.4) is 0 Å². The SMILES string of the molecule is C[C@H](C(=O)Nc1ccc(S(=O)(=O)N2CCCC2)cc1)N(C)Cc1nc2ccccc2s1. The van der Waals surface area contributed by atoms with Gasteiger partial charge in [0.15, 0.2) is 0 Å². The number of sulfonamides is 1. The zero-order valence-electron chi connectivity index (χ0n) is 17.6. The minimum Gasteiger partial charge on any atom is -0.325 e. The zero-order chi connectivity index (χ0) is 22.0. The third-order valence-electron chi connectivity index (χ3n) is 5.59. The normalized spacial score (nSPS) is 16.1. The first-order valence-electron chi connectivity index (χ1n) is 10.3. The van der Waals surface area contributed by atoms with Crippen LogP contribution in [0.5, 0.6) is 0 Å². The second-order valence-corrected chi connectivity index (χ2v) is 10.8. The Morgan fingerprint density at radius 1 is 1.16 bits per heavy atom. The first-order valence-corrected chi connectivity index (χ1v) is 12.6. The molecule has 1 fully saturated rings. The maximum absolute atomic E-state index is 12.7. The summed E-state index contributed by atoms with van der Waals surface area (Å²) >= 11 is 1.63. The van der Waals surface area contributed by atoms with Gasteiger partial charge in [-0.3, -0.25) is 9.69 Å². The molecule has 7 nitrogen and oxygen atoms in total. The Morgan fingerprint density at radius 3 is 2.52 bits per heavy atom. The van der Waals surface area contributed by atoms with E-state index in [-0.39, 0.29) is 16.8 Å². The molecule has 1 amide bonds. The van der Waals surface area contributed by atoms with E-state index in [0.29, 0.717) is 25.3 Å². The Bertz CT molecular complexity index is 1140. The van der Waals surface area contributed by atoms with Gasteiger partial charge in [-0.2, -0.15) is 4.31 Å². The number of nitrogens with one attached hydrogen (secondary N) is 1. The molecule has 31 heavy (non-hydrogen) atoms. The summed E-state index contributed by atoms with van der Waals surface area (Å²) in [5, 5.41) is 3.84. The molecular formula is C22H26N4O3S2. The van der Waals surface area contributed by atoms with Gasteiger partial charge in [-0.1, -0.05) is 12.1 Å². The number of anilines is 1. The molecule has 1 aromatic heterocycles. The highest BCUT2D eigenvalue weighted by Gasteiger charge is 2.27. The molecule has 0 unspecified atom stereocenters. The van der Waals surface area contributed by atoms with E-state index in [0.717, 1.165) is 28.1 Å². The van der Waals surface area contributed by atoms with Crippen LogP contribution in [0.1, 0.15) is 24.8 Å². The number of thiazole rings is 1. The van der Waals surface area contributed by atoms with Gasteiger partial charge in [0, 0.05) is 18.8 Å². The van der Waals surface area contributed by atoms with Crippen molar-refractivity contribution in [3.63, 3.8) is 0 Å². The minimum atomic E-state index is -3.45. The number of hydrogen-bond donors (Lipinski definition) is 1. The molecule has 0 spiro atoms. The highest BCUT2D eigenvalue weighted by Crippen LogP contribution is 2.24. The summed E-state index contributed by atoms with van der Waals surface area (Å²) < 4.78 is 27.9. The van der Waals surface area contributed by atoms with Crippen LogP contribution in [-0.2, 0) is 21.4 Å². The Balaban J connectivity index is 1.37. The van der Waals surface area contributed by atoms with Crippen molar-refractivity contribution in [2.75, 3.05) is 25.5 Å². The number of benzene rings is 2. The molecule has 1 aliphatic rings. The third-order valence-corrected chi connectivity index (χ3v) is 8.52. The summed E-state index contributed by atoms with van der Waals surface area (Å²) in [6.07, 6.45) is 1.80. The van der Waals surface area contributed by atoms with E-state index in [1.807, 2.05) is 43.1 Å². The zero-order valence-corrected chi connectivity index (χ0v) is 19.2. The van der Waals surface area contributed by atoms with Crippen LogP contribution in [-0.4, -0.2) is 54.7 Å². The Kier molecular flexibility index (Phi) is 6.38. The molecule has 164 valence electrons. The topological polar surface area (TPSA) is 82.6 Å². The summed E-state index contributed by atoms with van der Waals surface area (Å²) in [5.74, 6) is -0.154. The smallest absolute Gasteiger partial charge is 0.243 e. The molecule has 1 atom stereocenters. The predicted octanol–water partition coefficient (Wildman–Crippen LogP) is 3.54. The van der Waals surface area contributed by atoms with Crippen LogP contribution >= 0.6 is 11.3 Å². The van der Waals surface area contributed by atoms with Gasteiger partial charge in [0.1, 0.15) is 5.01 Å². The van der Waals surface area contributed by atoms with E-state index >= 15 is 0 Å². The standard InChI is InChI=1S/C22H26N4O3S2/c1-16(25(2)15-21-24-19-7-3-4-8-20(19)30-21)22(27)23-17-9-11-18(12-10-17)31(28,29)26-13-5-6-14-26/h3-4,7-12,16H,5-6,13-15H2,1-2H3,(H,23,27)/t16-/m1/s1. The van der Waals surface area contributed by atoms with Gasteiger partial charge >= 0.3 is 0 Å². The second-order valence-electron chi connectivity index (χ2n) is 7.79. The summed E-state index contributed by atoms with van der Waals surface area (Å²) in [7, 11) is -1.56. The van der Waals surface area contributed by atoms with Crippen molar-refractivity contribution in [1.29, 1.82) is 0 Å². The van der Waals surface area contributed by atoms with Gasteiger partial charge in [0.25, 0.3) is 0 Å². The molecule has 0 bridgehead atoms. The molecule has 3 aromatic rings. The van der Waals surface area contributed by atoms with Crippen molar-refractivity contribution in [2.24, 2.45) is 0 Å². The molecule has 2 aromatic carbocycles. The maximum atomic E-state index is 12.7. The number of likely N-dealkylation sites (N-methyl/N-ethyl adjacent to an activating group) is 1. The molecular weight excluding hydrogens is 432 g/mol. The van der Waals surface area contributed by atoms with Crippen LogP contribution in [0.2, 0.25) is 0 Å². The van der Waals surface area contributed by atoms with Crippen LogP contribution in [0.4, 0.5) is 5.69 Å². The molecule has 0 aliphatic carbocycles. The Labute approximate surface area is 186 Å². The lowest BCUT2D eigenvalue weighted by Crippen LogP contribution is -2.39. The van der Waals surface area contributed by atoms with E-state index in [1.54, 1.807) is 35.6 Å². The van der Waals surface area contributed by atoms with Crippen molar-refractivity contribution in [1.82, 2.24) is 14.2 Å². The number of hydrogen-bond acceptors (Lipinski definition) is 6. The third kappa shape index (κ3) is 4.79. The van der Waals surface area contributed by atoms with Gasteiger partial charge in [-0.15, -0.1) is 11.3 Å². The molecule has 1 aliphatic heterocycles. The Hall–Kier alpha value is -2.33. The number of carbonyl (C=O) groups is 1. The highest BCUT2D eigenvalue weighted by atomic mass is 32.2. The number of rotatable bonds is 7. The van der Waals surface area contributed by atoms with E-state index in [4.69, 9.17) is 0 Å². The van der Waals surface area contributed by atoms with Gasteiger partial charge in [0.2, 0.25) is 15.9 Å². The molecule has 2 heterocycles. The number of aromatic nitrogens is 1. The van der Waals surface area contributed by atoms with Gasteiger partial charge in [-0.25, -0.2) is 13.4 Å². The molecule has 0 radical (unpaired) electrons. The molecule has 9 heteroatoms. The summed E-state index contributed by atoms with van der Waals surface area (Å²) in [6, 6.07) is 14.0. The average molecular weight is 459 g/mol. The van der Waals surface area contributed by atoms with E-state index < -0.39 is 10.0 Å². The van der Waals surface area contributed by atoms with Crippen LogP contribution in [0, 0.1) is 0 Å². The second kappa shape index (κ2) is 9.04. The van der Waals surface area contributed by atoms with Crippen LogP contribution < -0.4 is 5.32 Å². The minimum absolute atomic E-state index is 0.154. The maximum Gasteiger partial charge on any atom is 0.243 e. The number of para-hydroxylation sites is 1. The first-order chi connectivity index (χ1) is 14.8. The lowest BCUT2D eigenvalue weighted by atomic mass is 10.2. The first kappa shape index (κ1) is 21.9. The molecule has 1 saturated heterocycles. The fraction of sp³-hybridized carbons (Fsp3) is 0.364. The molecule has 0 saturated carbocycles. The Morgan fingerprint density at radius 2 is 1.84 bits per heavy atom. The number of carbonyl (C=O) groups excluding carboxylic acids is 1. The number of nitrogens with zero attached hydrogens (tertiary/aromatic N) is 3. The monoisotopic (exact) mass is 458 g/mol. The van der Waals surface area contributed by atoms with Crippen molar-refractivity contribution >= 4 is 43.2 Å². The fourth-order valence-corrected chi connectivity index (χ4v) is 6.12. The summed E-state index contributed by atoms with van der Waals surface area (Å²) in [6.45, 7) is 3.55. The van der Waals surface area contributed by atoms with E-state index in [2.05, 4.69) is 10.3 Å². The predicted molar refractivity (Wildman–Crippen MR) is 124 cm³/mol. The fourth-order valence-electron chi connectivity index (χ4n) is 3.57. The lowest BCUT2D eigenvalue weighted by Gasteiger charge is -2.23. The van der Waals surface area contributed by atoms with Gasteiger partial charge in [0.05, 0.1) is 27.7 Å². The largest absolute Gasteiger partial charge is 0.325 e. The molecule has 4 rings (SSSR count). The number of amides is 1. The van der Waals surface area contributed by atoms with Crippen molar-refractivity contribution in [3.8, 4) is 0 Å². The van der Waals surface area contributed by atoms with Crippen LogP contribution in [0.15, 0.2) is 53.4 Å². The number of fused-ring (bicyclic) bond motifs is 1. The van der Waals surface area contributed by atoms with Gasteiger partial charge < -0.3 is 5.32 Å². The lowest BCUT2D eigenvalue weighted by molar-refractivity contribution is -0.120. The van der Waals surface area contributed by atoms with Crippen molar-refractivity contribution < 1.29 is 13.2 Å². The van der Waals surface area contributed by atoms with E-state index in [1.165, 1.54) is 4.31 Å². The van der Waals surface area contributed by atoms with Gasteiger partial charge in [-0.05, 0) is 63.2 Å².